The molecule has 2 aromatic heterocycles. The largest absolute Gasteiger partial charge is 0.459 e. The molecule has 1 amide bonds. The molecule has 7 heteroatoms. The molecule has 29 heavy (non-hydrogen) atoms. The van der Waals surface area contributed by atoms with Crippen LogP contribution in [0.15, 0.2) is 51.5 Å². The maximum absolute atomic E-state index is 12.6. The van der Waals surface area contributed by atoms with Crippen LogP contribution in [0.4, 0.5) is 0 Å². The normalized spacial score (nSPS) is 12.3. The van der Waals surface area contributed by atoms with Crippen LogP contribution in [-0.4, -0.2) is 34.1 Å². The van der Waals surface area contributed by atoms with Gasteiger partial charge in [0.05, 0.1) is 25.4 Å². The van der Waals surface area contributed by atoms with Crippen LogP contribution in [0, 0.1) is 0 Å². The lowest BCUT2D eigenvalue weighted by atomic mass is 10.1. The first-order valence-electron chi connectivity index (χ1n) is 10.1. The first-order valence-corrected chi connectivity index (χ1v) is 10.1. The topological polar surface area (TPSA) is 84.4 Å². The standard InChI is InChI=1S/C22H28N4O3/c1-4-12-26(15-21-24-25-22(29-21)19-7-6-13-28-19)14-20(27)23-16(3)18-10-8-17(5-2)9-11-18/h6-11,13,16H,4-5,12,14-15H2,1-3H3,(H,23,27). The van der Waals surface area contributed by atoms with E-state index in [0.29, 0.717) is 24.1 Å². The van der Waals surface area contributed by atoms with Crippen LogP contribution in [0.3, 0.4) is 0 Å². The number of furan rings is 1. The maximum atomic E-state index is 12.6. The molecule has 0 radical (unpaired) electrons. The van der Waals surface area contributed by atoms with Gasteiger partial charge in [0, 0.05) is 0 Å². The highest BCUT2D eigenvalue weighted by atomic mass is 16.4. The van der Waals surface area contributed by atoms with E-state index in [1.807, 2.05) is 11.8 Å². The zero-order chi connectivity index (χ0) is 20.6. The van der Waals surface area contributed by atoms with Crippen LogP contribution < -0.4 is 5.32 Å². The van der Waals surface area contributed by atoms with Gasteiger partial charge in [-0.05, 0) is 49.6 Å². The van der Waals surface area contributed by atoms with E-state index in [9.17, 15) is 4.79 Å². The first kappa shape index (κ1) is 20.8. The number of carbonyl (C=O) groups excluding carboxylic acids is 1. The number of hydrogen-bond acceptors (Lipinski definition) is 6. The third-order valence-corrected chi connectivity index (χ3v) is 4.73. The summed E-state index contributed by atoms with van der Waals surface area (Å²) in [5.41, 5.74) is 2.38. The second-order valence-corrected chi connectivity index (χ2v) is 7.07. The van der Waals surface area contributed by atoms with Crippen molar-refractivity contribution < 1.29 is 13.6 Å². The summed E-state index contributed by atoms with van der Waals surface area (Å²) in [6, 6.07) is 11.8. The smallest absolute Gasteiger partial charge is 0.283 e. The van der Waals surface area contributed by atoms with E-state index in [-0.39, 0.29) is 18.5 Å². The minimum absolute atomic E-state index is 0.0312. The SMILES string of the molecule is CCCN(CC(=O)NC(C)c1ccc(CC)cc1)Cc1nnc(-c2ccco2)o1. The van der Waals surface area contributed by atoms with E-state index >= 15 is 0 Å². The molecule has 0 aliphatic rings. The minimum Gasteiger partial charge on any atom is -0.459 e. The van der Waals surface area contributed by atoms with Gasteiger partial charge in [-0.15, -0.1) is 10.2 Å². The Morgan fingerprint density at radius 1 is 1.17 bits per heavy atom. The quantitative estimate of drug-likeness (QED) is 0.558. The van der Waals surface area contributed by atoms with Gasteiger partial charge in [0.25, 0.3) is 5.89 Å². The van der Waals surface area contributed by atoms with Gasteiger partial charge in [0.15, 0.2) is 5.76 Å². The molecule has 0 aliphatic carbocycles. The number of nitrogens with one attached hydrogen (secondary N) is 1. The lowest BCUT2D eigenvalue weighted by molar-refractivity contribution is -0.123. The van der Waals surface area contributed by atoms with E-state index in [4.69, 9.17) is 8.83 Å². The number of hydrogen-bond donors (Lipinski definition) is 1. The van der Waals surface area contributed by atoms with Crippen molar-refractivity contribution in [1.82, 2.24) is 20.4 Å². The van der Waals surface area contributed by atoms with Gasteiger partial charge in [-0.2, -0.15) is 0 Å². The second kappa shape index (κ2) is 10.0. The molecule has 0 saturated heterocycles. The van der Waals surface area contributed by atoms with Crippen molar-refractivity contribution >= 4 is 5.91 Å². The lowest BCUT2D eigenvalue weighted by Gasteiger charge is -2.21. The van der Waals surface area contributed by atoms with Crippen molar-refractivity contribution in [3.05, 3.63) is 59.7 Å². The van der Waals surface area contributed by atoms with Crippen LogP contribution in [0.5, 0.6) is 0 Å². The van der Waals surface area contributed by atoms with Crippen molar-refractivity contribution in [1.29, 1.82) is 0 Å². The van der Waals surface area contributed by atoms with Crippen LogP contribution >= 0.6 is 0 Å². The number of rotatable bonds is 10. The Labute approximate surface area is 171 Å². The molecular formula is C22H28N4O3. The van der Waals surface area contributed by atoms with E-state index in [1.54, 1.807) is 18.4 Å². The molecule has 1 N–H and O–H groups in total. The number of benzene rings is 1. The Kier molecular flexibility index (Phi) is 7.19. The van der Waals surface area contributed by atoms with Crippen molar-refractivity contribution in [2.75, 3.05) is 13.1 Å². The molecule has 3 rings (SSSR count). The van der Waals surface area contributed by atoms with Gasteiger partial charge < -0.3 is 14.2 Å². The summed E-state index contributed by atoms with van der Waals surface area (Å²) in [5, 5.41) is 11.2. The molecule has 154 valence electrons. The molecule has 1 unspecified atom stereocenters. The first-order chi connectivity index (χ1) is 14.1. The molecule has 0 aliphatic heterocycles. The summed E-state index contributed by atoms with van der Waals surface area (Å²) >= 11 is 0. The molecule has 1 atom stereocenters. The maximum Gasteiger partial charge on any atom is 0.283 e. The highest BCUT2D eigenvalue weighted by Crippen LogP contribution is 2.19. The Morgan fingerprint density at radius 2 is 1.97 bits per heavy atom. The molecule has 2 heterocycles. The van der Waals surface area contributed by atoms with E-state index < -0.39 is 0 Å². The molecule has 0 saturated carbocycles. The predicted molar refractivity (Wildman–Crippen MR) is 110 cm³/mol. The van der Waals surface area contributed by atoms with Crippen molar-refractivity contribution in [3.8, 4) is 11.7 Å². The molecule has 7 nitrogen and oxygen atoms in total. The summed E-state index contributed by atoms with van der Waals surface area (Å²) in [6.45, 7) is 7.63. The van der Waals surface area contributed by atoms with Gasteiger partial charge in [0.2, 0.25) is 11.8 Å². The van der Waals surface area contributed by atoms with Crippen molar-refractivity contribution in [2.45, 2.75) is 46.2 Å². The fourth-order valence-corrected chi connectivity index (χ4v) is 3.15. The number of nitrogens with zero attached hydrogens (tertiary/aromatic N) is 3. The van der Waals surface area contributed by atoms with Crippen LogP contribution in [-0.2, 0) is 17.8 Å². The third kappa shape index (κ3) is 5.77. The Morgan fingerprint density at radius 3 is 2.62 bits per heavy atom. The Hall–Kier alpha value is -2.93. The van der Waals surface area contributed by atoms with Crippen molar-refractivity contribution in [2.24, 2.45) is 0 Å². The van der Waals surface area contributed by atoms with Gasteiger partial charge in [-0.25, -0.2) is 0 Å². The van der Waals surface area contributed by atoms with Gasteiger partial charge in [-0.3, -0.25) is 9.69 Å². The van der Waals surface area contributed by atoms with Crippen LogP contribution in [0.25, 0.3) is 11.7 Å². The summed E-state index contributed by atoms with van der Waals surface area (Å²) in [5.74, 6) is 1.30. The summed E-state index contributed by atoms with van der Waals surface area (Å²) in [7, 11) is 0. The zero-order valence-electron chi connectivity index (χ0n) is 17.2. The minimum atomic E-state index is -0.0501. The molecule has 0 bridgehead atoms. The van der Waals surface area contributed by atoms with E-state index in [0.717, 1.165) is 24.9 Å². The average Bonchev–Trinajstić information content (AvgIpc) is 3.40. The Bertz CT molecular complexity index is 887. The zero-order valence-corrected chi connectivity index (χ0v) is 17.2. The number of carbonyl (C=O) groups is 1. The van der Waals surface area contributed by atoms with Crippen molar-refractivity contribution in [3.63, 3.8) is 0 Å². The monoisotopic (exact) mass is 396 g/mol. The fraction of sp³-hybridized carbons (Fsp3) is 0.409. The van der Waals surface area contributed by atoms with Gasteiger partial charge >= 0.3 is 0 Å². The molecular weight excluding hydrogens is 368 g/mol. The predicted octanol–water partition coefficient (Wildman–Crippen LogP) is 3.98. The summed E-state index contributed by atoms with van der Waals surface area (Å²) in [4.78, 5) is 14.6. The van der Waals surface area contributed by atoms with Crippen LogP contribution in [0.1, 0.15) is 50.3 Å². The summed E-state index contributed by atoms with van der Waals surface area (Å²) in [6.07, 6.45) is 3.48. The highest BCUT2D eigenvalue weighted by molar-refractivity contribution is 5.78. The lowest BCUT2D eigenvalue weighted by Crippen LogP contribution is -2.38. The Balaban J connectivity index is 1.57. The molecule has 3 aromatic rings. The molecule has 0 spiro atoms. The number of aromatic nitrogens is 2. The average molecular weight is 396 g/mol. The van der Waals surface area contributed by atoms with Gasteiger partial charge in [0.1, 0.15) is 0 Å². The summed E-state index contributed by atoms with van der Waals surface area (Å²) < 4.78 is 10.9. The number of aryl methyl sites for hydroxylation is 1. The van der Waals surface area contributed by atoms with Crippen LogP contribution in [0.2, 0.25) is 0 Å². The second-order valence-electron chi connectivity index (χ2n) is 7.07. The fourth-order valence-electron chi connectivity index (χ4n) is 3.15. The molecule has 0 fully saturated rings. The highest BCUT2D eigenvalue weighted by Gasteiger charge is 2.17. The number of amides is 1. The van der Waals surface area contributed by atoms with Gasteiger partial charge in [-0.1, -0.05) is 38.1 Å². The third-order valence-electron chi connectivity index (χ3n) is 4.73. The van der Waals surface area contributed by atoms with E-state index in [1.165, 1.54) is 5.56 Å². The molecule has 1 aromatic carbocycles. The van der Waals surface area contributed by atoms with E-state index in [2.05, 4.69) is 53.6 Å².